The van der Waals surface area contributed by atoms with Crippen molar-refractivity contribution >= 4 is 40.2 Å². The number of hydrogen-bond acceptors (Lipinski definition) is 4. The van der Waals surface area contributed by atoms with Gasteiger partial charge in [-0.2, -0.15) is 0 Å². The number of carbonyl (C=O) groups excluding carboxylic acids is 1. The first kappa shape index (κ1) is 24.0. The van der Waals surface area contributed by atoms with Crippen LogP contribution in [0.5, 0.6) is 0 Å². The smallest absolute Gasteiger partial charge is 0.262 e. The van der Waals surface area contributed by atoms with Gasteiger partial charge in [0.15, 0.2) is 5.16 Å². The number of thioether (sulfide) groups is 1. The molecule has 0 saturated carbocycles. The minimum atomic E-state index is -0.412. The van der Waals surface area contributed by atoms with Gasteiger partial charge in [-0.15, -0.1) is 0 Å². The van der Waals surface area contributed by atoms with Gasteiger partial charge in [-0.05, 0) is 49.7 Å². The lowest BCUT2D eigenvalue weighted by Gasteiger charge is -2.15. The van der Waals surface area contributed by atoms with Crippen molar-refractivity contribution in [1.29, 1.82) is 0 Å². The average molecular weight is 496 g/mol. The van der Waals surface area contributed by atoms with E-state index in [0.29, 0.717) is 38.8 Å². The molecule has 0 bridgehead atoms. The lowest BCUT2D eigenvalue weighted by molar-refractivity contribution is 0.0943. The van der Waals surface area contributed by atoms with Gasteiger partial charge in [0.05, 0.1) is 17.4 Å². The number of benzene rings is 3. The van der Waals surface area contributed by atoms with Crippen molar-refractivity contribution < 1.29 is 9.18 Å². The molecular weight excluding hydrogens is 473 g/mol. The van der Waals surface area contributed by atoms with Gasteiger partial charge in [0.2, 0.25) is 0 Å². The highest BCUT2D eigenvalue weighted by Crippen LogP contribution is 2.28. The van der Waals surface area contributed by atoms with Crippen LogP contribution in [0.25, 0.3) is 10.9 Å². The van der Waals surface area contributed by atoms with E-state index in [9.17, 15) is 14.0 Å². The molecule has 0 atom stereocenters. The van der Waals surface area contributed by atoms with Crippen LogP contribution in [0.3, 0.4) is 0 Å². The standard InChI is InChI=1S/C26H23ClFN3O2S/c1-16(2)29-24(32)18-11-12-19-23(13-18)30-26(34-15-20-21(27)9-6-10-22(20)28)31(25(19)33)14-17-7-4-3-5-8-17/h3-13,16H,14-15H2,1-2H3,(H,29,32). The Morgan fingerprint density at radius 2 is 1.88 bits per heavy atom. The van der Waals surface area contributed by atoms with Gasteiger partial charge in [0.1, 0.15) is 5.82 Å². The van der Waals surface area contributed by atoms with E-state index in [-0.39, 0.29) is 23.3 Å². The summed E-state index contributed by atoms with van der Waals surface area (Å²) in [6.45, 7) is 4.07. The lowest BCUT2D eigenvalue weighted by Crippen LogP contribution is -2.30. The van der Waals surface area contributed by atoms with Crippen LogP contribution in [0, 0.1) is 5.82 Å². The van der Waals surface area contributed by atoms with E-state index in [2.05, 4.69) is 5.32 Å². The van der Waals surface area contributed by atoms with Gasteiger partial charge in [-0.1, -0.05) is 59.8 Å². The molecule has 4 rings (SSSR count). The Hall–Kier alpha value is -3.16. The Bertz CT molecular complexity index is 1390. The summed E-state index contributed by atoms with van der Waals surface area (Å²) >= 11 is 7.43. The Balaban J connectivity index is 1.79. The van der Waals surface area contributed by atoms with Crippen LogP contribution in [-0.4, -0.2) is 21.5 Å². The molecule has 174 valence electrons. The van der Waals surface area contributed by atoms with E-state index in [4.69, 9.17) is 16.6 Å². The Kier molecular flexibility index (Phi) is 7.34. The maximum atomic E-state index is 14.3. The van der Waals surface area contributed by atoms with E-state index in [1.165, 1.54) is 17.8 Å². The zero-order valence-corrected chi connectivity index (χ0v) is 20.3. The van der Waals surface area contributed by atoms with Crippen molar-refractivity contribution in [2.24, 2.45) is 0 Å². The number of fused-ring (bicyclic) bond motifs is 1. The van der Waals surface area contributed by atoms with Crippen LogP contribution in [0.15, 0.2) is 76.7 Å². The molecule has 0 aliphatic heterocycles. The molecule has 5 nitrogen and oxygen atoms in total. The Morgan fingerprint density at radius 3 is 2.59 bits per heavy atom. The number of carbonyl (C=O) groups is 1. The molecule has 0 radical (unpaired) electrons. The van der Waals surface area contributed by atoms with E-state index in [1.54, 1.807) is 34.9 Å². The topological polar surface area (TPSA) is 64.0 Å². The second-order valence-electron chi connectivity index (χ2n) is 8.12. The third kappa shape index (κ3) is 5.32. The first-order valence-electron chi connectivity index (χ1n) is 10.8. The number of rotatable bonds is 7. The van der Waals surface area contributed by atoms with Crippen molar-refractivity contribution in [2.75, 3.05) is 0 Å². The summed E-state index contributed by atoms with van der Waals surface area (Å²) in [5.41, 5.74) is 1.88. The molecular formula is C26H23ClFN3O2S. The van der Waals surface area contributed by atoms with E-state index in [1.807, 2.05) is 44.2 Å². The van der Waals surface area contributed by atoms with Crippen LogP contribution in [0.2, 0.25) is 5.02 Å². The minimum Gasteiger partial charge on any atom is -0.350 e. The number of nitrogens with zero attached hydrogens (tertiary/aromatic N) is 2. The van der Waals surface area contributed by atoms with Crippen LogP contribution in [0.4, 0.5) is 4.39 Å². The normalized spacial score (nSPS) is 11.2. The second kappa shape index (κ2) is 10.4. The van der Waals surface area contributed by atoms with Crippen LogP contribution >= 0.6 is 23.4 Å². The number of hydrogen-bond donors (Lipinski definition) is 1. The minimum absolute atomic E-state index is 0.0216. The predicted octanol–water partition coefficient (Wildman–Crippen LogP) is 5.67. The Morgan fingerprint density at radius 1 is 1.12 bits per heavy atom. The molecule has 0 aliphatic rings. The molecule has 4 aromatic rings. The predicted molar refractivity (Wildman–Crippen MR) is 135 cm³/mol. The highest BCUT2D eigenvalue weighted by atomic mass is 35.5. The van der Waals surface area contributed by atoms with Gasteiger partial charge in [-0.25, -0.2) is 9.37 Å². The maximum Gasteiger partial charge on any atom is 0.262 e. The highest BCUT2D eigenvalue weighted by Gasteiger charge is 2.16. The first-order valence-corrected chi connectivity index (χ1v) is 12.1. The molecule has 0 unspecified atom stereocenters. The Labute approximate surface area is 206 Å². The third-order valence-electron chi connectivity index (χ3n) is 5.19. The van der Waals surface area contributed by atoms with E-state index in [0.717, 1.165) is 5.56 Å². The van der Waals surface area contributed by atoms with Gasteiger partial charge in [0.25, 0.3) is 11.5 Å². The molecule has 0 saturated heterocycles. The van der Waals surface area contributed by atoms with Crippen molar-refractivity contribution in [3.8, 4) is 0 Å². The molecule has 1 heterocycles. The zero-order valence-electron chi connectivity index (χ0n) is 18.7. The molecule has 34 heavy (non-hydrogen) atoms. The molecule has 1 aromatic heterocycles. The fraction of sp³-hybridized carbons (Fsp3) is 0.192. The SMILES string of the molecule is CC(C)NC(=O)c1ccc2c(=O)n(Cc3ccccc3)c(SCc3c(F)cccc3Cl)nc2c1. The van der Waals surface area contributed by atoms with Gasteiger partial charge < -0.3 is 5.32 Å². The van der Waals surface area contributed by atoms with Crippen molar-refractivity contribution in [1.82, 2.24) is 14.9 Å². The highest BCUT2D eigenvalue weighted by molar-refractivity contribution is 7.98. The third-order valence-corrected chi connectivity index (χ3v) is 6.55. The number of amides is 1. The number of nitrogens with one attached hydrogen (secondary N) is 1. The van der Waals surface area contributed by atoms with Crippen molar-refractivity contribution in [3.05, 3.63) is 105 Å². The molecule has 0 aliphatic carbocycles. The van der Waals surface area contributed by atoms with Gasteiger partial charge in [0, 0.05) is 27.9 Å². The van der Waals surface area contributed by atoms with Crippen molar-refractivity contribution in [3.63, 3.8) is 0 Å². The monoisotopic (exact) mass is 495 g/mol. The molecule has 1 N–H and O–H groups in total. The summed E-state index contributed by atoms with van der Waals surface area (Å²) in [4.78, 5) is 30.7. The quantitative estimate of drug-likeness (QED) is 0.265. The molecule has 0 fully saturated rings. The van der Waals surface area contributed by atoms with E-state index >= 15 is 0 Å². The zero-order chi connectivity index (χ0) is 24.2. The fourth-order valence-electron chi connectivity index (χ4n) is 3.51. The van der Waals surface area contributed by atoms with Crippen LogP contribution in [-0.2, 0) is 12.3 Å². The van der Waals surface area contributed by atoms with Crippen LogP contribution in [0.1, 0.15) is 35.3 Å². The van der Waals surface area contributed by atoms with Gasteiger partial charge >= 0.3 is 0 Å². The second-order valence-corrected chi connectivity index (χ2v) is 9.47. The first-order chi connectivity index (χ1) is 16.3. The van der Waals surface area contributed by atoms with Gasteiger partial charge in [-0.3, -0.25) is 14.2 Å². The van der Waals surface area contributed by atoms with Crippen molar-refractivity contribution in [2.45, 2.75) is 37.3 Å². The summed E-state index contributed by atoms with van der Waals surface area (Å²) in [7, 11) is 0. The molecule has 3 aromatic carbocycles. The summed E-state index contributed by atoms with van der Waals surface area (Å²) in [6, 6.07) is 19.0. The number of aromatic nitrogens is 2. The molecule has 0 spiro atoms. The summed E-state index contributed by atoms with van der Waals surface area (Å²) in [5, 5.41) is 3.99. The summed E-state index contributed by atoms with van der Waals surface area (Å²) < 4.78 is 15.9. The lowest BCUT2D eigenvalue weighted by atomic mass is 10.1. The van der Waals surface area contributed by atoms with Crippen LogP contribution < -0.4 is 10.9 Å². The summed E-state index contributed by atoms with van der Waals surface area (Å²) in [5.74, 6) is -0.448. The summed E-state index contributed by atoms with van der Waals surface area (Å²) in [6.07, 6.45) is 0. The average Bonchev–Trinajstić information content (AvgIpc) is 2.81. The largest absolute Gasteiger partial charge is 0.350 e. The number of halogens is 2. The molecule has 1 amide bonds. The fourth-order valence-corrected chi connectivity index (χ4v) is 4.85. The van der Waals surface area contributed by atoms with E-state index < -0.39 is 5.82 Å². The maximum absolute atomic E-state index is 14.3. The molecule has 8 heteroatoms.